The molecule has 2 N–H and O–H groups in total. The summed E-state index contributed by atoms with van der Waals surface area (Å²) in [5.41, 5.74) is 2.86. The summed E-state index contributed by atoms with van der Waals surface area (Å²) in [6.45, 7) is 4.88. The van der Waals surface area contributed by atoms with E-state index in [2.05, 4.69) is 54.6 Å². The molecule has 0 radical (unpaired) electrons. The van der Waals surface area contributed by atoms with Crippen molar-refractivity contribution < 1.29 is 23.1 Å². The second-order valence-electron chi connectivity index (χ2n) is 7.62. The third-order valence-electron chi connectivity index (χ3n) is 5.10. The third-order valence-corrected chi connectivity index (χ3v) is 5.10. The van der Waals surface area contributed by atoms with Crippen LogP contribution in [0.4, 0.5) is 24.8 Å². The summed E-state index contributed by atoms with van der Waals surface area (Å²) in [6.07, 6.45) is -1.40. The minimum atomic E-state index is -5.08. The number of carboxylic acids is 1. The van der Waals surface area contributed by atoms with Crippen molar-refractivity contribution in [3.8, 4) is 11.4 Å². The monoisotopic (exact) mass is 478 g/mol. The number of alkyl halides is 3. The summed E-state index contributed by atoms with van der Waals surface area (Å²) in [7, 11) is 4.05. The highest BCUT2D eigenvalue weighted by Crippen LogP contribution is 2.17. The lowest BCUT2D eigenvalue weighted by molar-refractivity contribution is -0.192. The average Bonchev–Trinajstić information content (AvgIpc) is 3.24. The number of rotatable bonds is 5. The van der Waals surface area contributed by atoms with Crippen molar-refractivity contribution in [1.82, 2.24) is 29.9 Å². The van der Waals surface area contributed by atoms with Crippen LogP contribution in [0.2, 0.25) is 0 Å². The smallest absolute Gasteiger partial charge is 0.475 e. The standard InChI is InChI=1S/C19H24N8.C2HF3O2/c1-25-9-11-27(12-10-25)19-6-3-15(14-21-19)13-20-18-5-4-16(23-24-18)17-7-8-22-26(17)2;3-2(4,5)1(6)7/h3-8,14H,9-13H2,1-2H3,(H,20,24);(H,6,7). The second-order valence-corrected chi connectivity index (χ2v) is 7.62. The van der Waals surface area contributed by atoms with E-state index in [0.29, 0.717) is 6.54 Å². The number of aliphatic carboxylic acids is 1. The summed E-state index contributed by atoms with van der Waals surface area (Å²) in [5, 5.41) is 23.1. The van der Waals surface area contributed by atoms with Gasteiger partial charge in [-0.2, -0.15) is 18.3 Å². The lowest BCUT2D eigenvalue weighted by Gasteiger charge is -2.33. The van der Waals surface area contributed by atoms with Crippen LogP contribution in [0.25, 0.3) is 11.4 Å². The Morgan fingerprint density at radius 3 is 2.26 bits per heavy atom. The van der Waals surface area contributed by atoms with Gasteiger partial charge in [0.2, 0.25) is 0 Å². The number of halogens is 3. The molecule has 3 aromatic heterocycles. The van der Waals surface area contributed by atoms with Gasteiger partial charge in [0, 0.05) is 52.2 Å². The van der Waals surface area contributed by atoms with E-state index in [9.17, 15) is 13.2 Å². The number of carbonyl (C=O) groups is 1. The molecular weight excluding hydrogens is 453 g/mol. The van der Waals surface area contributed by atoms with Gasteiger partial charge < -0.3 is 20.2 Å². The van der Waals surface area contributed by atoms with Crippen LogP contribution < -0.4 is 10.2 Å². The van der Waals surface area contributed by atoms with Gasteiger partial charge in [0.1, 0.15) is 17.3 Å². The topological polar surface area (TPSA) is 112 Å². The van der Waals surface area contributed by atoms with Gasteiger partial charge in [0.05, 0.1) is 5.69 Å². The van der Waals surface area contributed by atoms with Crippen LogP contribution in [-0.4, -0.2) is 80.3 Å². The maximum Gasteiger partial charge on any atom is 0.490 e. The number of hydrogen-bond acceptors (Lipinski definition) is 8. The molecule has 0 atom stereocenters. The van der Waals surface area contributed by atoms with Crippen LogP contribution in [-0.2, 0) is 18.4 Å². The van der Waals surface area contributed by atoms with E-state index >= 15 is 0 Å². The molecule has 0 aromatic carbocycles. The fraction of sp³-hybridized carbons (Fsp3) is 0.381. The Balaban J connectivity index is 0.000000406. The molecule has 3 aromatic rings. The fourth-order valence-electron chi connectivity index (χ4n) is 3.12. The number of anilines is 2. The Kier molecular flexibility index (Phi) is 7.99. The molecule has 34 heavy (non-hydrogen) atoms. The number of nitrogens with zero attached hydrogens (tertiary/aromatic N) is 7. The van der Waals surface area contributed by atoms with Gasteiger partial charge in [-0.25, -0.2) is 9.78 Å². The predicted octanol–water partition coefficient (Wildman–Crippen LogP) is 2.27. The van der Waals surface area contributed by atoms with Crippen molar-refractivity contribution in [2.45, 2.75) is 12.7 Å². The molecule has 0 amide bonds. The third kappa shape index (κ3) is 6.88. The first-order valence-electron chi connectivity index (χ1n) is 10.4. The fourth-order valence-corrected chi connectivity index (χ4v) is 3.12. The predicted molar refractivity (Wildman–Crippen MR) is 119 cm³/mol. The van der Waals surface area contributed by atoms with Crippen LogP contribution in [0.15, 0.2) is 42.7 Å². The summed E-state index contributed by atoms with van der Waals surface area (Å²) < 4.78 is 33.5. The molecule has 0 saturated carbocycles. The summed E-state index contributed by atoms with van der Waals surface area (Å²) >= 11 is 0. The molecule has 10 nitrogen and oxygen atoms in total. The molecule has 182 valence electrons. The molecular formula is C21H25F3N8O2. The van der Waals surface area contributed by atoms with E-state index in [1.165, 1.54) is 0 Å². The molecule has 0 aliphatic carbocycles. The number of pyridine rings is 1. The first-order chi connectivity index (χ1) is 16.1. The van der Waals surface area contributed by atoms with E-state index in [4.69, 9.17) is 9.90 Å². The zero-order valence-corrected chi connectivity index (χ0v) is 18.7. The largest absolute Gasteiger partial charge is 0.490 e. The molecule has 0 spiro atoms. The number of carboxylic acid groups (broad SMARTS) is 1. The Hall–Kier alpha value is -3.74. The van der Waals surface area contributed by atoms with E-state index in [1.54, 1.807) is 10.9 Å². The first-order valence-corrected chi connectivity index (χ1v) is 10.4. The maximum absolute atomic E-state index is 10.6. The molecule has 1 aliphatic rings. The highest BCUT2D eigenvalue weighted by molar-refractivity contribution is 5.73. The minimum absolute atomic E-state index is 0.662. The van der Waals surface area contributed by atoms with Crippen LogP contribution in [0.5, 0.6) is 0 Å². The molecule has 4 heterocycles. The van der Waals surface area contributed by atoms with Crippen molar-refractivity contribution in [2.24, 2.45) is 7.05 Å². The van der Waals surface area contributed by atoms with Gasteiger partial charge in [-0.1, -0.05) is 6.07 Å². The average molecular weight is 478 g/mol. The number of aryl methyl sites for hydroxylation is 1. The highest BCUT2D eigenvalue weighted by atomic mass is 19.4. The zero-order valence-electron chi connectivity index (χ0n) is 18.7. The van der Waals surface area contributed by atoms with Gasteiger partial charge >= 0.3 is 12.1 Å². The normalized spacial score (nSPS) is 14.3. The quantitative estimate of drug-likeness (QED) is 0.570. The number of piperazine rings is 1. The van der Waals surface area contributed by atoms with Gasteiger partial charge in [-0.3, -0.25) is 4.68 Å². The number of likely N-dealkylation sites (N-methyl/N-ethyl adjacent to an activating group) is 1. The summed E-state index contributed by atoms with van der Waals surface area (Å²) in [4.78, 5) is 18.2. The molecule has 0 bridgehead atoms. The van der Waals surface area contributed by atoms with E-state index in [-0.39, 0.29) is 0 Å². The lowest BCUT2D eigenvalue weighted by Crippen LogP contribution is -2.44. The molecule has 1 saturated heterocycles. The van der Waals surface area contributed by atoms with E-state index in [1.807, 2.05) is 31.4 Å². The second kappa shape index (κ2) is 10.9. The van der Waals surface area contributed by atoms with Crippen LogP contribution in [0.3, 0.4) is 0 Å². The van der Waals surface area contributed by atoms with Gasteiger partial charge in [0.15, 0.2) is 0 Å². The van der Waals surface area contributed by atoms with E-state index < -0.39 is 12.1 Å². The highest BCUT2D eigenvalue weighted by Gasteiger charge is 2.38. The van der Waals surface area contributed by atoms with Crippen molar-refractivity contribution in [3.63, 3.8) is 0 Å². The number of nitrogens with one attached hydrogen (secondary N) is 1. The van der Waals surface area contributed by atoms with Gasteiger partial charge in [-0.15, -0.1) is 10.2 Å². The number of hydrogen-bond donors (Lipinski definition) is 2. The Labute approximate surface area is 194 Å². The van der Waals surface area contributed by atoms with Gasteiger partial charge in [-0.05, 0) is 36.9 Å². The first kappa shape index (κ1) is 24.9. The SMILES string of the molecule is CN1CCN(c2ccc(CNc3ccc(-c4ccnn4C)nn3)cn2)CC1.O=C(O)C(F)(F)F. The van der Waals surface area contributed by atoms with Gasteiger partial charge in [0.25, 0.3) is 0 Å². The summed E-state index contributed by atoms with van der Waals surface area (Å²) in [5.74, 6) is -0.969. The number of aromatic nitrogens is 5. The summed E-state index contributed by atoms with van der Waals surface area (Å²) in [6, 6.07) is 10.0. The van der Waals surface area contributed by atoms with E-state index in [0.717, 1.165) is 54.8 Å². The Morgan fingerprint density at radius 2 is 1.76 bits per heavy atom. The maximum atomic E-state index is 10.6. The minimum Gasteiger partial charge on any atom is -0.475 e. The van der Waals surface area contributed by atoms with Crippen LogP contribution in [0, 0.1) is 0 Å². The van der Waals surface area contributed by atoms with Crippen LogP contribution in [0.1, 0.15) is 5.56 Å². The molecule has 1 fully saturated rings. The Morgan fingerprint density at radius 1 is 1.06 bits per heavy atom. The Bertz CT molecular complexity index is 1060. The van der Waals surface area contributed by atoms with Crippen molar-refractivity contribution in [3.05, 3.63) is 48.3 Å². The molecule has 13 heteroatoms. The lowest BCUT2D eigenvalue weighted by atomic mass is 10.2. The van der Waals surface area contributed by atoms with Crippen molar-refractivity contribution >= 4 is 17.6 Å². The molecule has 0 unspecified atom stereocenters. The van der Waals surface area contributed by atoms with Crippen LogP contribution >= 0.6 is 0 Å². The van der Waals surface area contributed by atoms with Crippen molar-refractivity contribution in [1.29, 1.82) is 0 Å². The molecule has 1 aliphatic heterocycles. The van der Waals surface area contributed by atoms with Crippen molar-refractivity contribution in [2.75, 3.05) is 43.4 Å². The zero-order chi connectivity index (χ0) is 24.7. The molecule has 4 rings (SSSR count).